The van der Waals surface area contributed by atoms with E-state index in [-0.39, 0.29) is 5.91 Å². The molecule has 1 N–H and O–H groups in total. The van der Waals surface area contributed by atoms with Crippen LogP contribution in [-0.4, -0.2) is 43.6 Å². The zero-order chi connectivity index (χ0) is 13.9. The average Bonchev–Trinajstić information content (AvgIpc) is 2.90. The highest BCUT2D eigenvalue weighted by Crippen LogP contribution is 2.25. The number of piperidine rings is 1. The molecule has 0 spiro atoms. The quantitative estimate of drug-likeness (QED) is 0.902. The van der Waals surface area contributed by atoms with Gasteiger partial charge in [-0.3, -0.25) is 4.79 Å². The molecule has 1 fully saturated rings. The number of carbonyl (C=O) groups is 1. The van der Waals surface area contributed by atoms with Gasteiger partial charge in [-0.1, -0.05) is 12.1 Å². The lowest BCUT2D eigenvalue weighted by molar-refractivity contribution is -0.132. The molecule has 0 radical (unpaired) electrons. The van der Waals surface area contributed by atoms with Crippen LogP contribution in [0.1, 0.15) is 24.0 Å². The number of likely N-dealkylation sites (N-methyl/N-ethyl adjacent to an activating group) is 1. The molecule has 2 heterocycles. The van der Waals surface area contributed by atoms with Gasteiger partial charge in [0, 0.05) is 32.5 Å². The van der Waals surface area contributed by atoms with E-state index in [0.717, 1.165) is 44.7 Å². The fourth-order valence-electron chi connectivity index (χ4n) is 2.99. The molecule has 3 rings (SSSR count). The molecule has 2 aliphatic rings. The molecule has 0 bridgehead atoms. The second kappa shape index (κ2) is 5.83. The van der Waals surface area contributed by atoms with Crippen LogP contribution in [0.5, 0.6) is 5.75 Å². The van der Waals surface area contributed by atoms with Crippen molar-refractivity contribution in [2.24, 2.45) is 0 Å². The van der Waals surface area contributed by atoms with Crippen LogP contribution in [0.2, 0.25) is 0 Å². The number of fused-ring (bicyclic) bond motifs is 1. The van der Waals surface area contributed by atoms with Crippen molar-refractivity contribution in [2.45, 2.75) is 31.7 Å². The van der Waals surface area contributed by atoms with Gasteiger partial charge in [0.2, 0.25) is 5.91 Å². The molecule has 0 saturated carbocycles. The minimum atomic E-state index is 0.265. The Morgan fingerprint density at radius 2 is 2.30 bits per heavy atom. The van der Waals surface area contributed by atoms with Gasteiger partial charge in [-0.05, 0) is 36.6 Å². The first-order valence-electron chi connectivity index (χ1n) is 7.44. The third kappa shape index (κ3) is 2.96. The standard InChI is InChI=1S/C16H22N2O2/c1-18-11-14(3-5-16(18)19)17-8-6-12-2-4-15-13(10-12)7-9-20-15/h2,4,10,14,17H,3,5-9,11H2,1H3. The molecule has 0 aromatic heterocycles. The Morgan fingerprint density at radius 1 is 1.40 bits per heavy atom. The summed E-state index contributed by atoms with van der Waals surface area (Å²) < 4.78 is 5.52. The predicted molar refractivity (Wildman–Crippen MR) is 78.0 cm³/mol. The smallest absolute Gasteiger partial charge is 0.222 e. The maximum atomic E-state index is 11.4. The summed E-state index contributed by atoms with van der Waals surface area (Å²) in [5.74, 6) is 1.32. The lowest BCUT2D eigenvalue weighted by Crippen LogP contribution is -2.47. The highest BCUT2D eigenvalue weighted by atomic mass is 16.5. The van der Waals surface area contributed by atoms with Crippen molar-refractivity contribution in [1.82, 2.24) is 10.2 Å². The summed E-state index contributed by atoms with van der Waals surface area (Å²) in [5, 5.41) is 3.56. The van der Waals surface area contributed by atoms with E-state index in [0.29, 0.717) is 12.5 Å². The van der Waals surface area contributed by atoms with E-state index in [4.69, 9.17) is 4.74 Å². The summed E-state index contributed by atoms with van der Waals surface area (Å²) in [7, 11) is 1.89. The monoisotopic (exact) mass is 274 g/mol. The first-order valence-corrected chi connectivity index (χ1v) is 7.44. The van der Waals surface area contributed by atoms with E-state index in [1.165, 1.54) is 11.1 Å². The summed E-state index contributed by atoms with van der Waals surface area (Å²) in [5.41, 5.74) is 2.70. The summed E-state index contributed by atoms with van der Waals surface area (Å²) in [6.45, 7) is 2.61. The lowest BCUT2D eigenvalue weighted by atomic mass is 10.0. The molecule has 1 aromatic carbocycles. The largest absolute Gasteiger partial charge is 0.493 e. The molecule has 108 valence electrons. The topological polar surface area (TPSA) is 41.6 Å². The highest BCUT2D eigenvalue weighted by molar-refractivity contribution is 5.76. The first kappa shape index (κ1) is 13.4. The van der Waals surface area contributed by atoms with Crippen molar-refractivity contribution in [3.8, 4) is 5.75 Å². The lowest BCUT2D eigenvalue weighted by Gasteiger charge is -2.30. The van der Waals surface area contributed by atoms with Gasteiger partial charge in [0.1, 0.15) is 5.75 Å². The van der Waals surface area contributed by atoms with Crippen LogP contribution in [0.25, 0.3) is 0 Å². The Morgan fingerprint density at radius 3 is 3.15 bits per heavy atom. The van der Waals surface area contributed by atoms with Gasteiger partial charge in [-0.25, -0.2) is 0 Å². The predicted octanol–water partition coefficient (Wildman–Crippen LogP) is 1.37. The Balaban J connectivity index is 1.47. The Bertz CT molecular complexity index is 501. The van der Waals surface area contributed by atoms with Gasteiger partial charge >= 0.3 is 0 Å². The molecular formula is C16H22N2O2. The van der Waals surface area contributed by atoms with Crippen LogP contribution in [0.4, 0.5) is 0 Å². The first-order chi connectivity index (χ1) is 9.72. The van der Waals surface area contributed by atoms with E-state index in [1.54, 1.807) is 0 Å². The number of likely N-dealkylation sites (tertiary alicyclic amines) is 1. The second-order valence-corrected chi connectivity index (χ2v) is 5.75. The van der Waals surface area contributed by atoms with Crippen molar-refractivity contribution in [2.75, 3.05) is 26.7 Å². The number of hydrogen-bond donors (Lipinski definition) is 1. The second-order valence-electron chi connectivity index (χ2n) is 5.75. The zero-order valence-corrected chi connectivity index (χ0v) is 12.0. The number of carbonyl (C=O) groups excluding carboxylic acids is 1. The van der Waals surface area contributed by atoms with Crippen LogP contribution in [0, 0.1) is 0 Å². The zero-order valence-electron chi connectivity index (χ0n) is 12.0. The van der Waals surface area contributed by atoms with Crippen molar-refractivity contribution in [3.05, 3.63) is 29.3 Å². The molecule has 2 aliphatic heterocycles. The Hall–Kier alpha value is -1.55. The summed E-state index contributed by atoms with van der Waals surface area (Å²) >= 11 is 0. The molecule has 1 atom stereocenters. The summed E-state index contributed by atoms with van der Waals surface area (Å²) in [4.78, 5) is 13.3. The van der Waals surface area contributed by atoms with Crippen LogP contribution in [0.3, 0.4) is 0 Å². The molecular weight excluding hydrogens is 252 g/mol. The van der Waals surface area contributed by atoms with Crippen molar-refractivity contribution in [1.29, 1.82) is 0 Å². The van der Waals surface area contributed by atoms with Crippen LogP contribution in [-0.2, 0) is 17.6 Å². The van der Waals surface area contributed by atoms with Gasteiger partial charge in [0.25, 0.3) is 0 Å². The molecule has 1 saturated heterocycles. The van der Waals surface area contributed by atoms with Gasteiger partial charge in [-0.15, -0.1) is 0 Å². The van der Waals surface area contributed by atoms with Gasteiger partial charge in [0.15, 0.2) is 0 Å². The molecule has 0 aliphatic carbocycles. The number of amides is 1. The number of benzene rings is 1. The molecule has 4 nitrogen and oxygen atoms in total. The van der Waals surface area contributed by atoms with E-state index >= 15 is 0 Å². The SMILES string of the molecule is CN1CC(NCCc2ccc3c(c2)CCO3)CCC1=O. The highest BCUT2D eigenvalue weighted by Gasteiger charge is 2.22. The number of ether oxygens (including phenoxy) is 1. The van der Waals surface area contributed by atoms with E-state index < -0.39 is 0 Å². The van der Waals surface area contributed by atoms with Crippen molar-refractivity contribution >= 4 is 5.91 Å². The molecule has 4 heteroatoms. The summed E-state index contributed by atoms with van der Waals surface area (Å²) in [6.07, 6.45) is 3.69. The van der Waals surface area contributed by atoms with E-state index in [1.807, 2.05) is 11.9 Å². The third-order valence-electron chi connectivity index (χ3n) is 4.23. The molecule has 1 aromatic rings. The Labute approximate surface area is 120 Å². The Kier molecular flexibility index (Phi) is 3.92. The summed E-state index contributed by atoms with van der Waals surface area (Å²) in [6, 6.07) is 6.95. The van der Waals surface area contributed by atoms with Crippen molar-refractivity contribution < 1.29 is 9.53 Å². The van der Waals surface area contributed by atoms with E-state index in [9.17, 15) is 4.79 Å². The molecule has 1 unspecified atom stereocenters. The van der Waals surface area contributed by atoms with Crippen LogP contribution in [0.15, 0.2) is 18.2 Å². The van der Waals surface area contributed by atoms with Gasteiger partial charge in [0.05, 0.1) is 6.61 Å². The van der Waals surface area contributed by atoms with Crippen LogP contribution >= 0.6 is 0 Å². The number of rotatable bonds is 4. The minimum Gasteiger partial charge on any atom is -0.493 e. The normalized spacial score (nSPS) is 21.8. The van der Waals surface area contributed by atoms with Gasteiger partial charge < -0.3 is 15.0 Å². The fourth-order valence-corrected chi connectivity index (χ4v) is 2.99. The average molecular weight is 274 g/mol. The minimum absolute atomic E-state index is 0.265. The third-order valence-corrected chi connectivity index (χ3v) is 4.23. The number of hydrogen-bond acceptors (Lipinski definition) is 3. The number of nitrogens with one attached hydrogen (secondary N) is 1. The number of nitrogens with zero attached hydrogens (tertiary/aromatic N) is 1. The maximum absolute atomic E-state index is 11.4. The molecule has 1 amide bonds. The van der Waals surface area contributed by atoms with Crippen molar-refractivity contribution in [3.63, 3.8) is 0 Å². The van der Waals surface area contributed by atoms with Crippen LogP contribution < -0.4 is 10.1 Å². The van der Waals surface area contributed by atoms with Gasteiger partial charge in [-0.2, -0.15) is 0 Å². The fraction of sp³-hybridized carbons (Fsp3) is 0.562. The maximum Gasteiger partial charge on any atom is 0.222 e. The van der Waals surface area contributed by atoms with E-state index in [2.05, 4.69) is 23.5 Å². The molecule has 20 heavy (non-hydrogen) atoms.